The number of carboxylic acid groups (broad SMARTS) is 1. The Morgan fingerprint density at radius 2 is 1.97 bits per heavy atom. The van der Waals surface area contributed by atoms with Crippen molar-refractivity contribution >= 4 is 50.2 Å². The molecular formula is C29H33BrN2O6. The maximum absolute atomic E-state index is 14.6. The minimum atomic E-state index is -1.31. The highest BCUT2D eigenvalue weighted by Gasteiger charge is 2.77. The van der Waals surface area contributed by atoms with Gasteiger partial charge in [0.05, 0.1) is 30.6 Å². The van der Waals surface area contributed by atoms with E-state index in [0.717, 1.165) is 10.8 Å². The third-order valence-electron chi connectivity index (χ3n) is 8.22. The Kier molecular flexibility index (Phi) is 7.13. The number of likely N-dealkylation sites (tertiary alicyclic amines) is 1. The topological polar surface area (TPSA) is 107 Å². The van der Waals surface area contributed by atoms with Gasteiger partial charge in [-0.25, -0.2) is 0 Å². The Bertz CT molecular complexity index is 1280. The van der Waals surface area contributed by atoms with Crippen molar-refractivity contribution in [3.05, 3.63) is 55.1 Å². The Morgan fingerprint density at radius 1 is 1.26 bits per heavy atom. The van der Waals surface area contributed by atoms with Crippen LogP contribution in [0.2, 0.25) is 0 Å². The van der Waals surface area contributed by atoms with Gasteiger partial charge in [0.1, 0.15) is 11.6 Å². The molecule has 38 heavy (non-hydrogen) atoms. The first-order valence-corrected chi connectivity index (χ1v) is 13.9. The zero-order chi connectivity index (χ0) is 27.4. The van der Waals surface area contributed by atoms with Crippen molar-refractivity contribution in [3.8, 4) is 0 Å². The van der Waals surface area contributed by atoms with Gasteiger partial charge in [-0.15, -0.1) is 6.58 Å². The predicted molar refractivity (Wildman–Crippen MR) is 147 cm³/mol. The average molecular weight is 585 g/mol. The SMILES string of the molecule is C=CCN(C(=O)[C@@H]1N([C@@H](CO)CC(C)C)C(=O)[C@H]2[C@H](C(=O)O)[C@H]3O[C@@]12CC3Br)c1ccc2ccccc2c1. The highest BCUT2D eigenvalue weighted by molar-refractivity contribution is 9.09. The van der Waals surface area contributed by atoms with E-state index in [1.807, 2.05) is 56.3 Å². The molecular weight excluding hydrogens is 552 g/mol. The summed E-state index contributed by atoms with van der Waals surface area (Å²) in [6, 6.07) is 11.8. The fourth-order valence-corrected chi connectivity index (χ4v) is 7.73. The molecule has 0 aromatic heterocycles. The minimum absolute atomic E-state index is 0.134. The molecule has 2 bridgehead atoms. The Labute approximate surface area is 230 Å². The summed E-state index contributed by atoms with van der Waals surface area (Å²) in [5, 5.41) is 22.5. The van der Waals surface area contributed by atoms with Crippen molar-refractivity contribution in [2.24, 2.45) is 17.8 Å². The minimum Gasteiger partial charge on any atom is -0.481 e. The molecule has 3 heterocycles. The second kappa shape index (κ2) is 10.1. The first-order chi connectivity index (χ1) is 18.1. The maximum atomic E-state index is 14.6. The highest BCUT2D eigenvalue weighted by atomic mass is 79.9. The molecule has 0 saturated carbocycles. The van der Waals surface area contributed by atoms with Crippen LogP contribution in [-0.2, 0) is 19.1 Å². The molecule has 5 rings (SSSR count). The van der Waals surface area contributed by atoms with Gasteiger partial charge in [-0.3, -0.25) is 14.4 Å². The molecule has 1 spiro atoms. The summed E-state index contributed by atoms with van der Waals surface area (Å²) in [6.07, 6.45) is 1.70. The number of amides is 2. The van der Waals surface area contributed by atoms with Crippen molar-refractivity contribution in [1.29, 1.82) is 0 Å². The largest absolute Gasteiger partial charge is 0.481 e. The Morgan fingerprint density at radius 3 is 2.61 bits per heavy atom. The first kappa shape index (κ1) is 26.8. The fourth-order valence-electron chi connectivity index (χ4n) is 6.79. The number of hydrogen-bond acceptors (Lipinski definition) is 5. The molecule has 2 N–H and O–H groups in total. The number of aliphatic hydroxyl groups is 1. The summed E-state index contributed by atoms with van der Waals surface area (Å²) < 4.78 is 6.39. The van der Waals surface area contributed by atoms with Crippen molar-refractivity contribution in [1.82, 2.24) is 4.90 Å². The van der Waals surface area contributed by atoms with E-state index < -0.39 is 47.5 Å². The normalized spacial score (nSPS) is 30.6. The molecule has 2 amide bonds. The average Bonchev–Trinajstić information content (AvgIpc) is 3.48. The van der Waals surface area contributed by atoms with Crippen LogP contribution in [0.3, 0.4) is 0 Å². The van der Waals surface area contributed by atoms with Crippen molar-refractivity contribution in [3.63, 3.8) is 0 Å². The third kappa shape index (κ3) is 4.06. The number of fused-ring (bicyclic) bond motifs is 2. The molecule has 3 saturated heterocycles. The molecule has 3 fully saturated rings. The maximum Gasteiger partial charge on any atom is 0.310 e. The van der Waals surface area contributed by atoms with E-state index in [4.69, 9.17) is 4.74 Å². The van der Waals surface area contributed by atoms with Gasteiger partial charge in [0.2, 0.25) is 5.91 Å². The second-order valence-electron chi connectivity index (χ2n) is 11.0. The number of aliphatic hydroxyl groups excluding tert-OH is 1. The number of carboxylic acids is 1. The zero-order valence-corrected chi connectivity index (χ0v) is 23.1. The van der Waals surface area contributed by atoms with Crippen LogP contribution in [-0.4, -0.2) is 74.7 Å². The lowest BCUT2D eigenvalue weighted by molar-refractivity contribution is -0.151. The van der Waals surface area contributed by atoms with Crippen molar-refractivity contribution < 1.29 is 29.3 Å². The first-order valence-electron chi connectivity index (χ1n) is 13.0. The summed E-state index contributed by atoms with van der Waals surface area (Å²) in [6.45, 7) is 7.66. The van der Waals surface area contributed by atoms with Crippen molar-refractivity contribution in [2.45, 2.75) is 55.3 Å². The third-order valence-corrected chi connectivity index (χ3v) is 9.06. The van der Waals surface area contributed by atoms with Crippen LogP contribution in [0.4, 0.5) is 5.69 Å². The van der Waals surface area contributed by atoms with Crippen molar-refractivity contribution in [2.75, 3.05) is 18.1 Å². The van der Waals surface area contributed by atoms with Gasteiger partial charge in [0.15, 0.2) is 0 Å². The van der Waals surface area contributed by atoms with Gasteiger partial charge in [-0.05, 0) is 41.7 Å². The van der Waals surface area contributed by atoms with Crippen LogP contribution in [0.25, 0.3) is 10.8 Å². The lowest BCUT2D eigenvalue weighted by Crippen LogP contribution is -2.59. The number of anilines is 1. The molecule has 8 nitrogen and oxygen atoms in total. The van der Waals surface area contributed by atoms with E-state index in [1.165, 1.54) is 4.90 Å². The molecule has 9 heteroatoms. The van der Waals surface area contributed by atoms with Crippen LogP contribution >= 0.6 is 15.9 Å². The molecule has 202 valence electrons. The van der Waals surface area contributed by atoms with Gasteiger partial charge >= 0.3 is 5.97 Å². The number of ether oxygens (including phenoxy) is 1. The van der Waals surface area contributed by atoms with Crippen LogP contribution in [0, 0.1) is 17.8 Å². The molecule has 7 atom stereocenters. The molecule has 2 aromatic rings. The van der Waals surface area contributed by atoms with Gasteiger partial charge in [-0.2, -0.15) is 0 Å². The smallest absolute Gasteiger partial charge is 0.310 e. The lowest BCUT2D eigenvalue weighted by Gasteiger charge is -2.39. The van der Waals surface area contributed by atoms with E-state index in [9.17, 15) is 24.6 Å². The van der Waals surface area contributed by atoms with Gasteiger partial charge in [-0.1, -0.05) is 66.2 Å². The van der Waals surface area contributed by atoms with Crippen LogP contribution < -0.4 is 4.90 Å². The van der Waals surface area contributed by atoms with E-state index in [0.29, 0.717) is 18.5 Å². The molecule has 3 aliphatic rings. The molecule has 0 radical (unpaired) electrons. The summed E-state index contributed by atoms with van der Waals surface area (Å²) >= 11 is 3.58. The second-order valence-corrected chi connectivity index (χ2v) is 12.2. The Hall–Kier alpha value is -2.75. The Balaban J connectivity index is 1.64. The zero-order valence-electron chi connectivity index (χ0n) is 21.5. The van der Waals surface area contributed by atoms with E-state index in [1.54, 1.807) is 11.0 Å². The predicted octanol–water partition coefficient (Wildman–Crippen LogP) is 3.60. The summed E-state index contributed by atoms with van der Waals surface area (Å²) in [4.78, 5) is 43.7. The summed E-state index contributed by atoms with van der Waals surface area (Å²) in [5.41, 5.74) is -0.667. The monoisotopic (exact) mass is 584 g/mol. The number of carbonyl (C=O) groups is 3. The van der Waals surface area contributed by atoms with Gasteiger partial charge in [0.25, 0.3) is 5.91 Å². The number of nitrogens with zero attached hydrogens (tertiary/aromatic N) is 2. The number of carbonyl (C=O) groups excluding carboxylic acids is 2. The molecule has 1 unspecified atom stereocenters. The lowest BCUT2D eigenvalue weighted by atomic mass is 9.70. The highest BCUT2D eigenvalue weighted by Crippen LogP contribution is 2.60. The summed E-state index contributed by atoms with van der Waals surface area (Å²) in [7, 11) is 0. The number of rotatable bonds is 9. The van der Waals surface area contributed by atoms with E-state index in [-0.39, 0.29) is 29.8 Å². The number of hydrogen-bond donors (Lipinski definition) is 2. The number of aliphatic carboxylic acids is 1. The van der Waals surface area contributed by atoms with E-state index >= 15 is 0 Å². The number of benzene rings is 2. The standard InChI is InChI=1S/C29H33BrN2O6/c1-4-11-31(19-10-9-17-7-5-6-8-18(17)13-19)27(35)25-29-14-21(30)24(38-29)22(28(36)37)23(29)26(34)32(25)20(15-33)12-16(2)3/h4-10,13,16,20-25,33H,1,11-12,14-15H2,2-3H3,(H,36,37)/t20-,21?,22+,23-,24+,25+,29-/m1/s1. The summed E-state index contributed by atoms with van der Waals surface area (Å²) in [5.74, 6) is -3.87. The van der Waals surface area contributed by atoms with Crippen LogP contribution in [0.5, 0.6) is 0 Å². The van der Waals surface area contributed by atoms with Crippen LogP contribution in [0.15, 0.2) is 55.1 Å². The number of halogens is 1. The molecule has 0 aliphatic carbocycles. The van der Waals surface area contributed by atoms with E-state index in [2.05, 4.69) is 22.5 Å². The quantitative estimate of drug-likeness (QED) is 0.344. The molecule has 3 aliphatic heterocycles. The fraction of sp³-hybridized carbons (Fsp3) is 0.483. The van der Waals surface area contributed by atoms with Crippen LogP contribution in [0.1, 0.15) is 26.7 Å². The van der Waals surface area contributed by atoms with Gasteiger partial charge < -0.3 is 24.7 Å². The molecule has 2 aromatic carbocycles. The van der Waals surface area contributed by atoms with Gasteiger partial charge in [0, 0.05) is 17.1 Å². The number of alkyl halides is 1.